The van der Waals surface area contributed by atoms with E-state index in [9.17, 15) is 4.79 Å². The van der Waals surface area contributed by atoms with E-state index >= 15 is 0 Å². The first-order valence-corrected chi connectivity index (χ1v) is 11.6. The van der Waals surface area contributed by atoms with Crippen LogP contribution in [-0.2, 0) is 11.2 Å². The zero-order chi connectivity index (χ0) is 20.9. The fraction of sp³-hybridized carbons (Fsp3) is 0.318. The molecule has 1 heterocycles. The molecular weight excluding hydrogens is 416 g/mol. The molecule has 1 atom stereocenters. The van der Waals surface area contributed by atoms with Gasteiger partial charge in [-0.15, -0.1) is 10.2 Å². The number of carbonyl (C=O) groups excluding carboxylic acids is 1. The molecule has 0 bridgehead atoms. The van der Waals surface area contributed by atoms with Gasteiger partial charge in [0.2, 0.25) is 11.0 Å². The van der Waals surface area contributed by atoms with Crippen LogP contribution in [0.1, 0.15) is 30.0 Å². The third-order valence-corrected chi connectivity index (χ3v) is 7.20. The Morgan fingerprint density at radius 3 is 3.00 bits per heavy atom. The van der Waals surface area contributed by atoms with Crippen molar-refractivity contribution < 1.29 is 9.53 Å². The molecule has 0 aliphatic heterocycles. The van der Waals surface area contributed by atoms with E-state index in [1.807, 2.05) is 36.2 Å². The standard InChI is InChI=1S/C22H24N4O2S2/c1-26(19-12-5-8-15-7-3-4-11-18(15)19)20(27)14-29-22-25-24-21(30-22)23-16-9-6-10-17(13-16)28-2/h3-4,6-7,9-11,13,19H,5,8,12,14H2,1-2H3,(H,23,24)/t19-/m0/s1. The van der Waals surface area contributed by atoms with E-state index < -0.39 is 0 Å². The number of hydrogen-bond donors (Lipinski definition) is 1. The lowest BCUT2D eigenvalue weighted by atomic mass is 9.87. The molecule has 1 aliphatic carbocycles. The van der Waals surface area contributed by atoms with Gasteiger partial charge in [-0.25, -0.2) is 0 Å². The van der Waals surface area contributed by atoms with E-state index in [4.69, 9.17) is 4.74 Å². The number of rotatable bonds is 7. The van der Waals surface area contributed by atoms with E-state index in [1.165, 1.54) is 34.2 Å². The van der Waals surface area contributed by atoms with Crippen molar-refractivity contribution in [1.82, 2.24) is 15.1 Å². The Morgan fingerprint density at radius 1 is 1.27 bits per heavy atom. The maximum atomic E-state index is 12.8. The largest absolute Gasteiger partial charge is 0.497 e. The highest BCUT2D eigenvalue weighted by Crippen LogP contribution is 2.34. The molecule has 6 nitrogen and oxygen atoms in total. The minimum atomic E-state index is 0.110. The van der Waals surface area contributed by atoms with E-state index in [0.29, 0.717) is 10.9 Å². The van der Waals surface area contributed by atoms with Gasteiger partial charge in [0.25, 0.3) is 0 Å². The topological polar surface area (TPSA) is 67.3 Å². The smallest absolute Gasteiger partial charge is 0.233 e. The van der Waals surface area contributed by atoms with E-state index in [2.05, 4.69) is 39.8 Å². The minimum Gasteiger partial charge on any atom is -0.497 e. The lowest BCUT2D eigenvalue weighted by Crippen LogP contribution is -2.34. The second-order valence-corrected chi connectivity index (χ2v) is 9.33. The predicted octanol–water partition coefficient (Wildman–Crippen LogP) is 4.92. The van der Waals surface area contributed by atoms with Crippen LogP contribution >= 0.6 is 23.1 Å². The number of ether oxygens (including phenoxy) is 1. The van der Waals surface area contributed by atoms with Gasteiger partial charge >= 0.3 is 0 Å². The molecule has 0 fully saturated rings. The molecule has 1 amide bonds. The highest BCUT2D eigenvalue weighted by molar-refractivity contribution is 8.01. The molecule has 8 heteroatoms. The maximum absolute atomic E-state index is 12.8. The molecule has 0 saturated heterocycles. The SMILES string of the molecule is COc1cccc(Nc2nnc(SCC(=O)N(C)[C@H]3CCCc4ccccc43)s2)c1. The number of methoxy groups -OCH3 is 1. The summed E-state index contributed by atoms with van der Waals surface area (Å²) in [7, 11) is 3.55. The predicted molar refractivity (Wildman–Crippen MR) is 122 cm³/mol. The number of nitrogens with one attached hydrogen (secondary N) is 1. The molecule has 2 aromatic carbocycles. The van der Waals surface area contributed by atoms with Crippen molar-refractivity contribution in [2.24, 2.45) is 0 Å². The molecule has 1 aromatic heterocycles. The van der Waals surface area contributed by atoms with Gasteiger partial charge in [0.15, 0.2) is 4.34 Å². The van der Waals surface area contributed by atoms with Crippen molar-refractivity contribution in [2.75, 3.05) is 25.2 Å². The second kappa shape index (κ2) is 9.49. The van der Waals surface area contributed by atoms with Crippen LogP contribution in [0.2, 0.25) is 0 Å². The Labute approximate surface area is 184 Å². The molecule has 1 N–H and O–H groups in total. The van der Waals surface area contributed by atoms with Crippen molar-refractivity contribution in [2.45, 2.75) is 29.6 Å². The van der Waals surface area contributed by atoms with Crippen LogP contribution in [0.5, 0.6) is 5.75 Å². The average Bonchev–Trinajstić information content (AvgIpc) is 3.24. The van der Waals surface area contributed by atoms with Crippen LogP contribution in [0, 0.1) is 0 Å². The highest BCUT2D eigenvalue weighted by atomic mass is 32.2. The van der Waals surface area contributed by atoms with Crippen LogP contribution in [0.4, 0.5) is 10.8 Å². The number of benzene rings is 2. The van der Waals surface area contributed by atoms with Gasteiger partial charge in [0.1, 0.15) is 5.75 Å². The third kappa shape index (κ3) is 4.76. The molecule has 1 aliphatic rings. The van der Waals surface area contributed by atoms with Crippen molar-refractivity contribution in [3.05, 3.63) is 59.7 Å². The van der Waals surface area contributed by atoms with Crippen LogP contribution in [0.25, 0.3) is 0 Å². The number of amides is 1. The number of anilines is 2. The Balaban J connectivity index is 1.34. The van der Waals surface area contributed by atoms with Gasteiger partial charge < -0.3 is 15.0 Å². The van der Waals surface area contributed by atoms with Crippen molar-refractivity contribution in [1.29, 1.82) is 0 Å². The first-order valence-electron chi connectivity index (χ1n) is 9.85. The fourth-order valence-corrected chi connectivity index (χ4v) is 5.37. The molecule has 0 unspecified atom stereocenters. The zero-order valence-electron chi connectivity index (χ0n) is 17.0. The summed E-state index contributed by atoms with van der Waals surface area (Å²) in [5.41, 5.74) is 3.53. The Morgan fingerprint density at radius 2 is 2.13 bits per heavy atom. The lowest BCUT2D eigenvalue weighted by Gasteiger charge is -2.33. The monoisotopic (exact) mass is 440 g/mol. The van der Waals surface area contributed by atoms with Gasteiger partial charge in [-0.1, -0.05) is 53.4 Å². The van der Waals surface area contributed by atoms with Crippen molar-refractivity contribution in [3.8, 4) is 5.75 Å². The van der Waals surface area contributed by atoms with E-state index in [0.717, 1.165) is 35.0 Å². The summed E-state index contributed by atoms with van der Waals surface area (Å²) < 4.78 is 6.01. The van der Waals surface area contributed by atoms with Gasteiger partial charge in [0, 0.05) is 18.8 Å². The maximum Gasteiger partial charge on any atom is 0.233 e. The Kier molecular flexibility index (Phi) is 6.54. The third-order valence-electron chi connectivity index (χ3n) is 5.25. The molecule has 4 rings (SSSR count). The zero-order valence-corrected chi connectivity index (χ0v) is 18.6. The minimum absolute atomic E-state index is 0.110. The number of thioether (sulfide) groups is 1. The van der Waals surface area contributed by atoms with Crippen LogP contribution in [0.3, 0.4) is 0 Å². The van der Waals surface area contributed by atoms with E-state index in [1.54, 1.807) is 7.11 Å². The van der Waals surface area contributed by atoms with Crippen molar-refractivity contribution in [3.63, 3.8) is 0 Å². The summed E-state index contributed by atoms with van der Waals surface area (Å²) in [6, 6.07) is 16.3. The van der Waals surface area contributed by atoms with Crippen LogP contribution in [0.15, 0.2) is 52.9 Å². The second-order valence-electron chi connectivity index (χ2n) is 7.13. The lowest BCUT2D eigenvalue weighted by molar-refractivity contribution is -0.129. The molecular formula is C22H24N4O2S2. The van der Waals surface area contributed by atoms with Crippen LogP contribution < -0.4 is 10.1 Å². The fourth-order valence-electron chi connectivity index (χ4n) is 3.67. The average molecular weight is 441 g/mol. The Bertz CT molecular complexity index is 1020. The van der Waals surface area contributed by atoms with Crippen molar-refractivity contribution >= 4 is 39.8 Å². The molecule has 30 heavy (non-hydrogen) atoms. The number of hydrogen-bond acceptors (Lipinski definition) is 7. The molecule has 156 valence electrons. The number of nitrogens with zero attached hydrogens (tertiary/aromatic N) is 3. The summed E-state index contributed by atoms with van der Waals surface area (Å²) >= 11 is 2.87. The molecule has 3 aromatic rings. The summed E-state index contributed by atoms with van der Waals surface area (Å²) in [6.07, 6.45) is 3.22. The summed E-state index contributed by atoms with van der Waals surface area (Å²) in [4.78, 5) is 14.7. The quantitative estimate of drug-likeness (QED) is 0.526. The summed E-state index contributed by atoms with van der Waals surface area (Å²) in [5.74, 6) is 1.24. The molecule has 0 saturated carbocycles. The first-order chi connectivity index (χ1) is 14.6. The van der Waals surface area contributed by atoms with Gasteiger partial charge in [-0.2, -0.15) is 0 Å². The van der Waals surface area contributed by atoms with Gasteiger partial charge in [-0.3, -0.25) is 4.79 Å². The highest BCUT2D eigenvalue weighted by Gasteiger charge is 2.26. The number of fused-ring (bicyclic) bond motifs is 1. The molecule has 0 spiro atoms. The van der Waals surface area contributed by atoms with Gasteiger partial charge in [-0.05, 0) is 42.5 Å². The normalized spacial score (nSPS) is 15.3. The summed E-state index contributed by atoms with van der Waals surface area (Å²) in [6.45, 7) is 0. The van der Waals surface area contributed by atoms with E-state index in [-0.39, 0.29) is 11.9 Å². The number of carbonyl (C=O) groups is 1. The van der Waals surface area contributed by atoms with Gasteiger partial charge in [0.05, 0.1) is 18.9 Å². The number of aryl methyl sites for hydroxylation is 1. The summed E-state index contributed by atoms with van der Waals surface area (Å²) in [5, 5.41) is 12.3. The Hall–Kier alpha value is -2.58. The first kappa shape index (κ1) is 20.7. The van der Waals surface area contributed by atoms with Crippen LogP contribution in [-0.4, -0.2) is 40.9 Å². The molecule has 0 radical (unpaired) electrons. The number of aromatic nitrogens is 2.